The SMILES string of the molecule is CC1(C)c2ccccc2-c2cc3c(ccc4c(-c5nc(-c6cccc(-c7cccnc7)c6)nc(-c6cccc(-c7cccnc7)c6)n5)cccc43)cc21. The summed E-state index contributed by atoms with van der Waals surface area (Å²) in [6, 6.07) is 49.2. The molecular weight excluding hydrogens is 647 g/mol. The summed E-state index contributed by atoms with van der Waals surface area (Å²) in [4.78, 5) is 24.2. The second kappa shape index (κ2) is 12.1. The maximum absolute atomic E-state index is 5.20. The van der Waals surface area contributed by atoms with E-state index in [1.54, 1.807) is 12.4 Å². The zero-order valence-corrected chi connectivity index (χ0v) is 29.3. The van der Waals surface area contributed by atoms with Crippen LogP contribution in [-0.2, 0) is 5.41 Å². The highest BCUT2D eigenvalue weighted by molar-refractivity contribution is 6.13. The van der Waals surface area contributed by atoms with Crippen molar-refractivity contribution in [3.05, 3.63) is 175 Å². The molecule has 53 heavy (non-hydrogen) atoms. The van der Waals surface area contributed by atoms with Gasteiger partial charge in [0.15, 0.2) is 17.5 Å². The Morgan fingerprint density at radius 2 is 0.962 bits per heavy atom. The molecule has 0 radical (unpaired) electrons. The largest absolute Gasteiger partial charge is 0.264 e. The Kier molecular flexibility index (Phi) is 7.08. The number of benzene rings is 6. The molecule has 0 saturated heterocycles. The quantitative estimate of drug-likeness (QED) is 0.169. The summed E-state index contributed by atoms with van der Waals surface area (Å²) in [6.45, 7) is 4.66. The molecule has 3 aromatic heterocycles. The summed E-state index contributed by atoms with van der Waals surface area (Å²) in [6.07, 6.45) is 7.33. The first kappa shape index (κ1) is 30.9. The molecule has 0 amide bonds. The van der Waals surface area contributed by atoms with E-state index in [0.29, 0.717) is 17.5 Å². The third-order valence-electron chi connectivity index (χ3n) is 10.7. The van der Waals surface area contributed by atoms with Gasteiger partial charge < -0.3 is 0 Å². The minimum absolute atomic E-state index is 0.0583. The first-order chi connectivity index (χ1) is 26.0. The van der Waals surface area contributed by atoms with E-state index in [-0.39, 0.29) is 5.41 Å². The zero-order valence-electron chi connectivity index (χ0n) is 29.3. The van der Waals surface area contributed by atoms with Crippen LogP contribution >= 0.6 is 0 Å². The molecule has 0 saturated carbocycles. The molecule has 0 fully saturated rings. The summed E-state index contributed by atoms with van der Waals surface area (Å²) >= 11 is 0. The second-order valence-corrected chi connectivity index (χ2v) is 14.2. The van der Waals surface area contributed by atoms with E-state index in [9.17, 15) is 0 Å². The van der Waals surface area contributed by atoms with Crippen molar-refractivity contribution in [1.29, 1.82) is 0 Å². The lowest BCUT2D eigenvalue weighted by Gasteiger charge is -2.22. The molecule has 5 heteroatoms. The van der Waals surface area contributed by atoms with E-state index >= 15 is 0 Å². The number of aromatic nitrogens is 5. The lowest BCUT2D eigenvalue weighted by molar-refractivity contribution is 0.661. The van der Waals surface area contributed by atoms with Gasteiger partial charge in [0.25, 0.3) is 0 Å². The summed E-state index contributed by atoms with van der Waals surface area (Å²) in [5, 5.41) is 4.72. The fraction of sp³-hybridized carbons (Fsp3) is 0.0625. The lowest BCUT2D eigenvalue weighted by Crippen LogP contribution is -2.14. The molecule has 0 spiro atoms. The minimum atomic E-state index is -0.0583. The summed E-state index contributed by atoms with van der Waals surface area (Å²) in [5.41, 5.74) is 12.2. The molecule has 9 aromatic rings. The Labute approximate surface area is 307 Å². The van der Waals surface area contributed by atoms with Crippen molar-refractivity contribution in [3.63, 3.8) is 0 Å². The second-order valence-electron chi connectivity index (χ2n) is 14.2. The molecule has 0 unspecified atom stereocenters. The maximum atomic E-state index is 5.20. The predicted octanol–water partition coefficient (Wildman–Crippen LogP) is 11.6. The minimum Gasteiger partial charge on any atom is -0.264 e. The van der Waals surface area contributed by atoms with Gasteiger partial charge in [0.1, 0.15) is 0 Å². The number of nitrogens with zero attached hydrogens (tertiary/aromatic N) is 5. The van der Waals surface area contributed by atoms with Crippen LogP contribution < -0.4 is 0 Å². The average molecular weight is 680 g/mol. The summed E-state index contributed by atoms with van der Waals surface area (Å²) < 4.78 is 0. The fourth-order valence-electron chi connectivity index (χ4n) is 7.98. The number of rotatable bonds is 5. The van der Waals surface area contributed by atoms with Gasteiger partial charge in [-0.3, -0.25) is 9.97 Å². The smallest absolute Gasteiger partial charge is 0.164 e. The van der Waals surface area contributed by atoms with Crippen molar-refractivity contribution < 1.29 is 0 Å². The molecule has 1 aliphatic carbocycles. The molecular formula is C48H33N5. The highest BCUT2D eigenvalue weighted by atomic mass is 15.0. The van der Waals surface area contributed by atoms with E-state index in [1.165, 1.54) is 38.4 Å². The predicted molar refractivity (Wildman–Crippen MR) is 215 cm³/mol. The molecule has 5 nitrogen and oxygen atoms in total. The van der Waals surface area contributed by atoms with E-state index in [1.807, 2.05) is 36.7 Å². The Morgan fingerprint density at radius 1 is 0.377 bits per heavy atom. The van der Waals surface area contributed by atoms with E-state index in [4.69, 9.17) is 15.0 Å². The van der Waals surface area contributed by atoms with Gasteiger partial charge >= 0.3 is 0 Å². The van der Waals surface area contributed by atoms with Crippen LogP contribution in [0.2, 0.25) is 0 Å². The van der Waals surface area contributed by atoms with Gasteiger partial charge in [0.05, 0.1) is 0 Å². The van der Waals surface area contributed by atoms with Crippen molar-refractivity contribution in [3.8, 4) is 67.5 Å². The zero-order chi connectivity index (χ0) is 35.5. The van der Waals surface area contributed by atoms with Gasteiger partial charge in [0, 0.05) is 58.0 Å². The van der Waals surface area contributed by atoms with Crippen LogP contribution in [0.4, 0.5) is 0 Å². The first-order valence-electron chi connectivity index (χ1n) is 17.9. The monoisotopic (exact) mass is 679 g/mol. The Bertz CT molecular complexity index is 2760. The van der Waals surface area contributed by atoms with Crippen molar-refractivity contribution in [2.75, 3.05) is 0 Å². The summed E-state index contributed by atoms with van der Waals surface area (Å²) in [7, 11) is 0. The fourth-order valence-corrected chi connectivity index (χ4v) is 7.98. The molecule has 10 rings (SSSR count). The van der Waals surface area contributed by atoms with Crippen LogP contribution in [0.25, 0.3) is 89.1 Å². The Balaban J connectivity index is 1.18. The van der Waals surface area contributed by atoms with Crippen molar-refractivity contribution in [2.45, 2.75) is 19.3 Å². The molecule has 1 aliphatic rings. The number of fused-ring (bicyclic) bond motifs is 6. The van der Waals surface area contributed by atoms with Crippen LogP contribution in [0.5, 0.6) is 0 Å². The lowest BCUT2D eigenvalue weighted by atomic mass is 9.81. The topological polar surface area (TPSA) is 64.5 Å². The van der Waals surface area contributed by atoms with Gasteiger partial charge in [-0.05, 0) is 91.3 Å². The highest BCUT2D eigenvalue weighted by Gasteiger charge is 2.35. The van der Waals surface area contributed by atoms with Crippen molar-refractivity contribution in [1.82, 2.24) is 24.9 Å². The van der Waals surface area contributed by atoms with E-state index in [0.717, 1.165) is 44.3 Å². The van der Waals surface area contributed by atoms with Crippen molar-refractivity contribution in [2.24, 2.45) is 0 Å². The molecule has 250 valence electrons. The van der Waals surface area contributed by atoms with E-state index < -0.39 is 0 Å². The molecule has 0 aliphatic heterocycles. The molecule has 0 bridgehead atoms. The summed E-state index contributed by atoms with van der Waals surface area (Å²) in [5.74, 6) is 1.84. The first-order valence-corrected chi connectivity index (χ1v) is 17.9. The van der Waals surface area contributed by atoms with Crippen LogP contribution in [0.15, 0.2) is 164 Å². The average Bonchev–Trinajstić information content (AvgIpc) is 3.45. The van der Waals surface area contributed by atoms with Crippen LogP contribution in [0.3, 0.4) is 0 Å². The third kappa shape index (κ3) is 5.20. The Morgan fingerprint density at radius 3 is 1.62 bits per heavy atom. The highest BCUT2D eigenvalue weighted by Crippen LogP contribution is 2.50. The number of hydrogen-bond donors (Lipinski definition) is 0. The molecule has 0 N–H and O–H groups in total. The van der Waals surface area contributed by atoms with Crippen LogP contribution in [0.1, 0.15) is 25.0 Å². The van der Waals surface area contributed by atoms with Gasteiger partial charge in [-0.15, -0.1) is 0 Å². The van der Waals surface area contributed by atoms with E-state index in [2.05, 4.69) is 139 Å². The normalized spacial score (nSPS) is 12.9. The number of pyridine rings is 2. The van der Waals surface area contributed by atoms with Crippen molar-refractivity contribution >= 4 is 21.5 Å². The Hall–Kier alpha value is -6.85. The maximum Gasteiger partial charge on any atom is 0.164 e. The molecule has 0 atom stereocenters. The van der Waals surface area contributed by atoms with Gasteiger partial charge in [0.2, 0.25) is 0 Å². The van der Waals surface area contributed by atoms with Crippen LogP contribution in [0, 0.1) is 0 Å². The van der Waals surface area contributed by atoms with Crippen LogP contribution in [-0.4, -0.2) is 24.9 Å². The molecule has 6 aromatic carbocycles. The van der Waals surface area contributed by atoms with Gasteiger partial charge in [-0.2, -0.15) is 0 Å². The standard InChI is InChI=1S/C48H33N5/c1-48(2)43-19-4-3-16-39(43)42-27-41-32(26-44(42)48)20-21-38-37(41)17-7-18-40(38)47-52-45(33-12-5-10-30(24-33)35-14-8-22-49-28-35)51-46(53-47)34-13-6-11-31(25-34)36-15-9-23-50-29-36/h3-29H,1-2H3. The van der Waals surface area contributed by atoms with Gasteiger partial charge in [-0.25, -0.2) is 15.0 Å². The third-order valence-corrected chi connectivity index (χ3v) is 10.7. The number of hydrogen-bond acceptors (Lipinski definition) is 5. The van der Waals surface area contributed by atoms with Gasteiger partial charge in [-0.1, -0.05) is 117 Å². The molecule has 3 heterocycles.